The number of anilines is 2. The van der Waals surface area contributed by atoms with E-state index in [1.165, 1.54) is 0 Å². The minimum atomic E-state index is 0.0634. The van der Waals surface area contributed by atoms with E-state index in [9.17, 15) is 4.79 Å². The number of likely N-dealkylation sites (tertiary alicyclic amines) is 1. The number of pyridine rings is 1. The second-order valence-electron chi connectivity index (χ2n) is 7.72. The van der Waals surface area contributed by atoms with Gasteiger partial charge in [-0.15, -0.1) is 0 Å². The molecule has 1 amide bonds. The van der Waals surface area contributed by atoms with Gasteiger partial charge >= 0.3 is 0 Å². The second kappa shape index (κ2) is 7.61. The van der Waals surface area contributed by atoms with E-state index in [1.54, 1.807) is 13.3 Å². The minimum absolute atomic E-state index is 0.0634. The van der Waals surface area contributed by atoms with E-state index in [-0.39, 0.29) is 17.3 Å². The maximum Gasteiger partial charge on any atom is 0.225 e. The summed E-state index contributed by atoms with van der Waals surface area (Å²) >= 11 is 0. The molecule has 1 spiro atoms. The fraction of sp³-hybridized carbons (Fsp3) is 0.500. The number of ether oxygens (including phenoxy) is 1. The van der Waals surface area contributed by atoms with E-state index in [2.05, 4.69) is 19.9 Å². The highest BCUT2D eigenvalue weighted by atomic mass is 16.5. The summed E-state index contributed by atoms with van der Waals surface area (Å²) in [5.74, 6) is 1.68. The van der Waals surface area contributed by atoms with Crippen LogP contribution in [0.25, 0.3) is 0 Å². The Hall–Kier alpha value is -2.90. The van der Waals surface area contributed by atoms with E-state index in [0.717, 1.165) is 50.4 Å². The third-order valence-electron chi connectivity index (χ3n) is 5.73. The summed E-state index contributed by atoms with van der Waals surface area (Å²) in [6.45, 7) is 3.07. The number of methoxy groups -OCH3 is 1. The van der Waals surface area contributed by atoms with Gasteiger partial charge in [0.25, 0.3) is 0 Å². The van der Waals surface area contributed by atoms with E-state index in [4.69, 9.17) is 10.5 Å². The maximum absolute atomic E-state index is 12.5. The predicted octanol–water partition coefficient (Wildman–Crippen LogP) is 1.87. The third kappa shape index (κ3) is 3.85. The molecule has 1 unspecified atom stereocenters. The second-order valence-corrected chi connectivity index (χ2v) is 7.72. The highest BCUT2D eigenvalue weighted by Crippen LogP contribution is 2.40. The number of aromatic nitrogens is 3. The molecule has 0 aromatic carbocycles. The van der Waals surface area contributed by atoms with Crippen LogP contribution in [-0.4, -0.2) is 52.5 Å². The van der Waals surface area contributed by atoms with Gasteiger partial charge in [0.2, 0.25) is 17.7 Å². The number of rotatable bonds is 4. The molecule has 2 saturated heterocycles. The van der Waals surface area contributed by atoms with Crippen molar-refractivity contribution in [3.8, 4) is 5.88 Å². The highest BCUT2D eigenvalue weighted by Gasteiger charge is 2.42. The van der Waals surface area contributed by atoms with Crippen LogP contribution in [0.15, 0.2) is 30.5 Å². The van der Waals surface area contributed by atoms with Gasteiger partial charge in [0.05, 0.1) is 19.3 Å². The molecular formula is C20H26N6O2. The fourth-order valence-electron chi connectivity index (χ4n) is 4.37. The number of nitrogens with two attached hydrogens (primary N) is 1. The molecule has 2 aromatic heterocycles. The summed E-state index contributed by atoms with van der Waals surface area (Å²) in [6, 6.07) is 7.65. The Bertz CT molecular complexity index is 846. The zero-order chi connectivity index (χ0) is 19.6. The number of piperidine rings is 2. The number of hydrogen-bond acceptors (Lipinski definition) is 7. The smallest absolute Gasteiger partial charge is 0.225 e. The lowest BCUT2D eigenvalue weighted by atomic mass is 9.73. The Balaban J connectivity index is 1.52. The minimum Gasteiger partial charge on any atom is -0.481 e. The molecule has 0 saturated carbocycles. The van der Waals surface area contributed by atoms with Gasteiger partial charge in [0.15, 0.2) is 0 Å². The van der Waals surface area contributed by atoms with Gasteiger partial charge in [-0.05, 0) is 31.4 Å². The molecule has 2 N–H and O–H groups in total. The third-order valence-corrected chi connectivity index (χ3v) is 5.73. The van der Waals surface area contributed by atoms with E-state index in [1.807, 2.05) is 29.2 Å². The molecule has 28 heavy (non-hydrogen) atoms. The van der Waals surface area contributed by atoms with Crippen LogP contribution >= 0.6 is 0 Å². The van der Waals surface area contributed by atoms with Crippen molar-refractivity contribution < 1.29 is 9.53 Å². The molecule has 8 nitrogen and oxygen atoms in total. The zero-order valence-electron chi connectivity index (χ0n) is 16.2. The molecule has 2 aromatic rings. The number of nitrogens with zero attached hydrogens (tertiary/aromatic N) is 5. The summed E-state index contributed by atoms with van der Waals surface area (Å²) in [5, 5.41) is 0. The van der Waals surface area contributed by atoms with Crippen molar-refractivity contribution in [1.29, 1.82) is 0 Å². The lowest BCUT2D eigenvalue weighted by Crippen LogP contribution is -2.54. The molecule has 0 aliphatic carbocycles. The number of carbonyl (C=O) groups excluding carboxylic acids is 1. The monoisotopic (exact) mass is 382 g/mol. The molecule has 2 aliphatic heterocycles. The number of carbonyl (C=O) groups is 1. The summed E-state index contributed by atoms with van der Waals surface area (Å²) in [6.07, 6.45) is 5.41. The standard InChI is InChI=1S/C20H26N6O2/c1-28-17-11-16(23-19(21)24-17)25-10-4-7-20(13-25)8-6-18(27)26(14-20)12-15-5-2-3-9-22-15/h2-3,5,9,11H,4,6-8,10,12-14H2,1H3,(H2,21,23,24). The number of nitrogen functional groups attached to an aromatic ring is 1. The molecule has 0 radical (unpaired) electrons. The summed E-state index contributed by atoms with van der Waals surface area (Å²) in [4.78, 5) is 29.6. The topological polar surface area (TPSA) is 97.5 Å². The van der Waals surface area contributed by atoms with Crippen LogP contribution in [0, 0.1) is 5.41 Å². The molecule has 1 atom stereocenters. The van der Waals surface area contributed by atoms with Gasteiger partial charge in [-0.3, -0.25) is 9.78 Å². The zero-order valence-corrected chi connectivity index (χ0v) is 16.2. The van der Waals surface area contributed by atoms with Gasteiger partial charge in [-0.25, -0.2) is 0 Å². The average molecular weight is 382 g/mol. The largest absolute Gasteiger partial charge is 0.481 e. The molecule has 4 heterocycles. The van der Waals surface area contributed by atoms with Crippen molar-refractivity contribution >= 4 is 17.7 Å². The highest BCUT2D eigenvalue weighted by molar-refractivity contribution is 5.77. The Morgan fingerprint density at radius 2 is 2.14 bits per heavy atom. The van der Waals surface area contributed by atoms with E-state index >= 15 is 0 Å². The Kier molecular flexibility index (Phi) is 5.02. The van der Waals surface area contributed by atoms with Crippen LogP contribution in [0.3, 0.4) is 0 Å². The van der Waals surface area contributed by atoms with E-state index < -0.39 is 0 Å². The number of hydrogen-bond donors (Lipinski definition) is 1. The lowest BCUT2D eigenvalue weighted by Gasteiger charge is -2.48. The normalized spacial score (nSPS) is 22.5. The van der Waals surface area contributed by atoms with Gasteiger partial charge < -0.3 is 20.3 Å². The van der Waals surface area contributed by atoms with Crippen LogP contribution in [0.1, 0.15) is 31.4 Å². The van der Waals surface area contributed by atoms with Crippen LogP contribution in [0.5, 0.6) is 5.88 Å². The number of amides is 1. The van der Waals surface area contributed by atoms with Crippen molar-refractivity contribution in [3.05, 3.63) is 36.2 Å². The summed E-state index contributed by atoms with van der Waals surface area (Å²) < 4.78 is 5.24. The average Bonchev–Trinajstić information content (AvgIpc) is 2.71. The van der Waals surface area contributed by atoms with Crippen LogP contribution in [-0.2, 0) is 11.3 Å². The van der Waals surface area contributed by atoms with Crippen LogP contribution in [0.2, 0.25) is 0 Å². The van der Waals surface area contributed by atoms with Gasteiger partial charge in [0.1, 0.15) is 5.82 Å². The molecule has 2 aliphatic rings. The maximum atomic E-state index is 12.5. The predicted molar refractivity (Wildman–Crippen MR) is 106 cm³/mol. The van der Waals surface area contributed by atoms with Crippen molar-refractivity contribution in [3.63, 3.8) is 0 Å². The Morgan fingerprint density at radius 1 is 1.25 bits per heavy atom. The first-order valence-electron chi connectivity index (χ1n) is 9.68. The fourth-order valence-corrected chi connectivity index (χ4v) is 4.37. The van der Waals surface area contributed by atoms with Gasteiger partial charge in [-0.1, -0.05) is 6.07 Å². The molecule has 0 bridgehead atoms. The first kappa shape index (κ1) is 18.5. The van der Waals surface area contributed by atoms with Crippen molar-refractivity contribution in [2.75, 3.05) is 37.4 Å². The molecule has 4 rings (SSSR count). The summed E-state index contributed by atoms with van der Waals surface area (Å²) in [7, 11) is 1.57. The first-order valence-corrected chi connectivity index (χ1v) is 9.68. The SMILES string of the molecule is COc1cc(N2CCCC3(CCC(=O)N(Cc4ccccn4)C3)C2)nc(N)n1. The van der Waals surface area contributed by atoms with Crippen molar-refractivity contribution in [1.82, 2.24) is 19.9 Å². The van der Waals surface area contributed by atoms with Crippen LogP contribution < -0.4 is 15.4 Å². The quantitative estimate of drug-likeness (QED) is 0.862. The van der Waals surface area contributed by atoms with Crippen LogP contribution in [0.4, 0.5) is 11.8 Å². The first-order chi connectivity index (χ1) is 13.6. The van der Waals surface area contributed by atoms with E-state index in [0.29, 0.717) is 18.8 Å². The molecule has 8 heteroatoms. The molecular weight excluding hydrogens is 356 g/mol. The van der Waals surface area contributed by atoms with Crippen molar-refractivity contribution in [2.45, 2.75) is 32.2 Å². The Labute approximate surface area is 164 Å². The Morgan fingerprint density at radius 3 is 2.93 bits per heavy atom. The van der Waals surface area contributed by atoms with Crippen molar-refractivity contribution in [2.24, 2.45) is 5.41 Å². The van der Waals surface area contributed by atoms with Gasteiger partial charge in [0, 0.05) is 43.7 Å². The lowest BCUT2D eigenvalue weighted by molar-refractivity contribution is -0.138. The molecule has 148 valence electrons. The summed E-state index contributed by atoms with van der Waals surface area (Å²) in [5.41, 5.74) is 6.84. The molecule has 2 fully saturated rings. The van der Waals surface area contributed by atoms with Gasteiger partial charge in [-0.2, -0.15) is 9.97 Å².